The van der Waals surface area contributed by atoms with Crippen LogP contribution < -0.4 is 5.32 Å². The first-order valence-corrected chi connectivity index (χ1v) is 14.1. The van der Waals surface area contributed by atoms with Crippen molar-refractivity contribution in [1.29, 1.82) is 0 Å². The summed E-state index contributed by atoms with van der Waals surface area (Å²) in [6.07, 6.45) is -0.578. The maximum atomic E-state index is 14.1. The van der Waals surface area contributed by atoms with E-state index in [-0.39, 0.29) is 13.0 Å². The lowest BCUT2D eigenvalue weighted by molar-refractivity contribution is -0.142. The van der Waals surface area contributed by atoms with Gasteiger partial charge >= 0.3 is 19.7 Å². The van der Waals surface area contributed by atoms with E-state index in [9.17, 15) is 24.4 Å². The Bertz CT molecular complexity index is 1060. The molecule has 3 atom stereocenters. The Labute approximate surface area is 225 Å². The van der Waals surface area contributed by atoms with Crippen LogP contribution in [0.4, 0.5) is 4.79 Å². The van der Waals surface area contributed by atoms with Crippen molar-refractivity contribution in [2.75, 3.05) is 0 Å². The number of carboxylic acids is 1. The van der Waals surface area contributed by atoms with Gasteiger partial charge in [0.25, 0.3) is 0 Å². The van der Waals surface area contributed by atoms with Gasteiger partial charge < -0.3 is 29.3 Å². The van der Waals surface area contributed by atoms with E-state index >= 15 is 0 Å². The summed E-state index contributed by atoms with van der Waals surface area (Å²) in [5.41, 5.74) is -0.362. The van der Waals surface area contributed by atoms with Crippen LogP contribution in [0.25, 0.3) is 0 Å². The van der Waals surface area contributed by atoms with Crippen molar-refractivity contribution < 1.29 is 38.2 Å². The van der Waals surface area contributed by atoms with Gasteiger partial charge in [-0.25, -0.2) is 9.59 Å². The topological polar surface area (TPSA) is 131 Å². The summed E-state index contributed by atoms with van der Waals surface area (Å²) in [7, 11) is -4.33. The molecule has 0 bridgehead atoms. The minimum absolute atomic E-state index is 0.0616. The zero-order valence-electron chi connectivity index (χ0n) is 22.9. The number of aliphatic hydroxyl groups is 1. The van der Waals surface area contributed by atoms with Crippen LogP contribution in [0.1, 0.15) is 59.1 Å². The van der Waals surface area contributed by atoms with Crippen molar-refractivity contribution in [3.8, 4) is 0 Å². The largest absolute Gasteiger partial charge is 0.480 e. The zero-order valence-corrected chi connectivity index (χ0v) is 23.8. The highest BCUT2D eigenvalue weighted by atomic mass is 31.2. The summed E-state index contributed by atoms with van der Waals surface area (Å²) in [6.45, 7) is 9.87. The molecule has 2 aromatic rings. The van der Waals surface area contributed by atoms with Crippen LogP contribution >= 0.6 is 7.60 Å². The molecule has 0 radical (unpaired) electrons. The van der Waals surface area contributed by atoms with Gasteiger partial charge in [0.15, 0.2) is 5.85 Å². The van der Waals surface area contributed by atoms with E-state index in [1.165, 1.54) is 0 Å². The Morgan fingerprint density at radius 2 is 1.34 bits per heavy atom. The third-order valence-electron chi connectivity index (χ3n) is 5.30. The lowest BCUT2D eigenvalue weighted by Gasteiger charge is -2.38. The predicted molar refractivity (Wildman–Crippen MR) is 145 cm³/mol. The number of rotatable bonds is 12. The second-order valence-electron chi connectivity index (χ2n) is 11.1. The SMILES string of the molecule is CC(C)(C)OP(=O)(OC(C)(C)C)C(O)[C@H](CCc1ccccc1)[C@H](NC(=O)OCc1ccccc1)C(=O)O. The molecule has 0 aromatic heterocycles. The summed E-state index contributed by atoms with van der Waals surface area (Å²) >= 11 is 0. The Balaban J connectivity index is 2.38. The number of carboxylic acid groups (broad SMARTS) is 1. The minimum atomic E-state index is -4.33. The highest BCUT2D eigenvalue weighted by Gasteiger charge is 2.49. The number of alkyl carbamates (subject to hydrolysis) is 1. The molecule has 0 aliphatic rings. The molecule has 38 heavy (non-hydrogen) atoms. The van der Waals surface area contributed by atoms with Crippen molar-refractivity contribution >= 4 is 19.7 Å². The van der Waals surface area contributed by atoms with Gasteiger partial charge in [-0.2, -0.15) is 0 Å². The fourth-order valence-electron chi connectivity index (χ4n) is 3.83. The van der Waals surface area contributed by atoms with Gasteiger partial charge in [-0.05, 0) is 65.5 Å². The molecule has 2 aromatic carbocycles. The molecule has 1 amide bonds. The molecule has 9 nitrogen and oxygen atoms in total. The van der Waals surface area contributed by atoms with Gasteiger partial charge in [-0.1, -0.05) is 60.7 Å². The van der Waals surface area contributed by atoms with E-state index in [0.29, 0.717) is 6.42 Å². The predicted octanol–water partition coefficient (Wildman–Crippen LogP) is 5.76. The highest BCUT2D eigenvalue weighted by Crippen LogP contribution is 2.60. The fraction of sp³-hybridized carbons (Fsp3) is 0.500. The Hall–Kier alpha value is -2.71. The molecular formula is C28H40NO8P. The molecule has 2 rings (SSSR count). The number of benzene rings is 2. The van der Waals surface area contributed by atoms with Crippen LogP contribution in [0.3, 0.4) is 0 Å². The summed E-state index contributed by atoms with van der Waals surface area (Å²) in [5, 5.41) is 24.0. The second kappa shape index (κ2) is 13.4. The number of nitrogens with one attached hydrogen (secondary N) is 1. The van der Waals surface area contributed by atoms with E-state index < -0.39 is 48.7 Å². The number of aliphatic hydroxyl groups excluding tert-OH is 1. The molecule has 0 heterocycles. The van der Waals surface area contributed by atoms with E-state index in [2.05, 4.69) is 5.32 Å². The average Bonchev–Trinajstić information content (AvgIpc) is 2.80. The van der Waals surface area contributed by atoms with Crippen LogP contribution in [0.5, 0.6) is 0 Å². The summed E-state index contributed by atoms with van der Waals surface area (Å²) < 4.78 is 30.9. The number of ether oxygens (including phenoxy) is 1. The van der Waals surface area contributed by atoms with Crippen LogP contribution in [-0.2, 0) is 36.2 Å². The lowest BCUT2D eigenvalue weighted by Crippen LogP contribution is -2.50. The summed E-state index contributed by atoms with van der Waals surface area (Å²) in [4.78, 5) is 25.0. The van der Waals surface area contributed by atoms with Crippen LogP contribution in [0.15, 0.2) is 60.7 Å². The Kier molecular flexibility index (Phi) is 11.1. The number of hydrogen-bond donors (Lipinski definition) is 3. The van der Waals surface area contributed by atoms with Crippen molar-refractivity contribution in [2.24, 2.45) is 5.92 Å². The number of hydrogen-bond acceptors (Lipinski definition) is 7. The van der Waals surface area contributed by atoms with Crippen LogP contribution in [0.2, 0.25) is 0 Å². The first-order valence-electron chi connectivity index (χ1n) is 12.5. The van der Waals surface area contributed by atoms with Gasteiger partial charge in [0.05, 0.1) is 11.2 Å². The molecule has 0 saturated heterocycles. The molecule has 0 spiro atoms. The molecule has 210 valence electrons. The maximum Gasteiger partial charge on any atom is 0.408 e. The van der Waals surface area contributed by atoms with Crippen molar-refractivity contribution in [2.45, 2.75) is 84.1 Å². The smallest absolute Gasteiger partial charge is 0.408 e. The third-order valence-corrected chi connectivity index (χ3v) is 7.93. The van der Waals surface area contributed by atoms with E-state index in [1.54, 1.807) is 65.8 Å². The average molecular weight is 550 g/mol. The van der Waals surface area contributed by atoms with Gasteiger partial charge in [0.2, 0.25) is 0 Å². The standard InChI is InChI=1S/C28H40NO8P/c1-27(2,3)36-38(34,37-28(4,5)6)25(32)22(18-17-20-13-9-7-10-14-20)23(24(30)31)29-26(33)35-19-21-15-11-8-12-16-21/h7-16,22-23,25,32H,17-19H2,1-6H3,(H,29,33)(H,30,31)/t22-,23+,25?/m1/s1. The fourth-order valence-corrected chi connectivity index (χ4v) is 6.40. The number of aryl methyl sites for hydroxylation is 1. The monoisotopic (exact) mass is 549 g/mol. The quantitative estimate of drug-likeness (QED) is 0.285. The number of aliphatic carboxylic acids is 1. The first kappa shape index (κ1) is 31.5. The van der Waals surface area contributed by atoms with Crippen LogP contribution in [0, 0.1) is 5.92 Å². The molecule has 0 aliphatic carbocycles. The molecular weight excluding hydrogens is 509 g/mol. The van der Waals surface area contributed by atoms with Gasteiger partial charge in [-0.3, -0.25) is 4.57 Å². The van der Waals surface area contributed by atoms with Crippen LogP contribution in [-0.4, -0.2) is 45.4 Å². The Morgan fingerprint density at radius 3 is 1.79 bits per heavy atom. The molecule has 0 saturated carbocycles. The normalized spacial score (nSPS) is 14.8. The summed E-state index contributed by atoms with van der Waals surface area (Å²) in [5.74, 6) is -4.52. The third kappa shape index (κ3) is 10.6. The molecule has 0 fully saturated rings. The highest BCUT2D eigenvalue weighted by molar-refractivity contribution is 7.54. The van der Waals surface area contributed by atoms with E-state index in [1.807, 2.05) is 36.4 Å². The Morgan fingerprint density at radius 1 is 0.868 bits per heavy atom. The molecule has 3 N–H and O–H groups in total. The van der Waals surface area contributed by atoms with Crippen molar-refractivity contribution in [3.05, 3.63) is 71.8 Å². The van der Waals surface area contributed by atoms with Gasteiger partial charge in [-0.15, -0.1) is 0 Å². The first-order chi connectivity index (χ1) is 17.6. The molecule has 10 heteroatoms. The number of amides is 1. The number of carbonyl (C=O) groups is 2. The van der Waals surface area contributed by atoms with E-state index in [0.717, 1.165) is 11.1 Å². The molecule has 1 unspecified atom stereocenters. The van der Waals surface area contributed by atoms with Gasteiger partial charge in [0, 0.05) is 5.92 Å². The van der Waals surface area contributed by atoms with Gasteiger partial charge in [0.1, 0.15) is 12.6 Å². The van der Waals surface area contributed by atoms with Crippen molar-refractivity contribution in [3.63, 3.8) is 0 Å². The lowest BCUT2D eigenvalue weighted by atomic mass is 9.93. The number of carbonyl (C=O) groups excluding carboxylic acids is 1. The van der Waals surface area contributed by atoms with E-state index in [4.69, 9.17) is 13.8 Å². The zero-order chi connectivity index (χ0) is 28.6. The maximum absolute atomic E-state index is 14.1. The van der Waals surface area contributed by atoms with Crippen molar-refractivity contribution in [1.82, 2.24) is 5.32 Å². The summed E-state index contributed by atoms with van der Waals surface area (Å²) in [6, 6.07) is 16.5. The molecule has 0 aliphatic heterocycles. The minimum Gasteiger partial charge on any atom is -0.480 e. The second-order valence-corrected chi connectivity index (χ2v) is 13.0.